The highest BCUT2D eigenvalue weighted by Gasteiger charge is 2.25. The van der Waals surface area contributed by atoms with Crippen molar-refractivity contribution in [1.29, 1.82) is 0 Å². The van der Waals surface area contributed by atoms with E-state index in [2.05, 4.69) is 0 Å². The molecule has 1 heterocycles. The van der Waals surface area contributed by atoms with Crippen LogP contribution in [0.3, 0.4) is 0 Å². The smallest absolute Gasteiger partial charge is 0.239 e. The summed E-state index contributed by atoms with van der Waals surface area (Å²) in [5.41, 5.74) is -0.254. The van der Waals surface area contributed by atoms with Gasteiger partial charge in [-0.1, -0.05) is 6.42 Å². The second-order valence-corrected chi connectivity index (χ2v) is 7.01. The molecule has 0 amide bonds. The summed E-state index contributed by atoms with van der Waals surface area (Å²) in [4.78, 5) is 13.1. The van der Waals surface area contributed by atoms with Crippen molar-refractivity contribution in [2.24, 2.45) is 0 Å². The van der Waals surface area contributed by atoms with Gasteiger partial charge < -0.3 is 29.6 Å². The predicted octanol–water partition coefficient (Wildman–Crippen LogP) is 3.99. The van der Waals surface area contributed by atoms with Crippen molar-refractivity contribution < 1.29 is 29.6 Å². The summed E-state index contributed by atoms with van der Waals surface area (Å²) in [6.07, 6.45) is 4.57. The number of aromatic hydroxyl groups is 4. The summed E-state index contributed by atoms with van der Waals surface area (Å²) in [7, 11) is 0. The summed E-state index contributed by atoms with van der Waals surface area (Å²) >= 11 is 0. The van der Waals surface area contributed by atoms with Crippen LogP contribution >= 0.6 is 0 Å². The van der Waals surface area contributed by atoms with Crippen molar-refractivity contribution >= 4 is 11.0 Å². The molecular weight excluding hydrogens is 364 g/mol. The van der Waals surface area contributed by atoms with Gasteiger partial charge in [0.05, 0.1) is 6.10 Å². The summed E-state index contributed by atoms with van der Waals surface area (Å²) in [6.45, 7) is 0. The van der Waals surface area contributed by atoms with Gasteiger partial charge in [0.1, 0.15) is 22.5 Å². The van der Waals surface area contributed by atoms with Gasteiger partial charge in [-0.25, -0.2) is 0 Å². The van der Waals surface area contributed by atoms with Gasteiger partial charge in [0.2, 0.25) is 11.2 Å². The third-order valence-electron chi connectivity index (χ3n) is 4.99. The van der Waals surface area contributed by atoms with Crippen LogP contribution in [0.5, 0.6) is 28.7 Å². The lowest BCUT2D eigenvalue weighted by Crippen LogP contribution is -2.23. The summed E-state index contributed by atoms with van der Waals surface area (Å²) in [5, 5.41) is 39.3. The molecule has 4 rings (SSSR count). The third-order valence-corrected chi connectivity index (χ3v) is 4.99. The molecule has 0 unspecified atom stereocenters. The molecule has 0 radical (unpaired) electrons. The zero-order valence-corrected chi connectivity index (χ0v) is 15.0. The highest BCUT2D eigenvalue weighted by Crippen LogP contribution is 2.39. The molecule has 1 saturated carbocycles. The molecule has 7 heteroatoms. The highest BCUT2D eigenvalue weighted by atomic mass is 16.5. The van der Waals surface area contributed by atoms with Gasteiger partial charge in [-0.05, 0) is 43.9 Å². The fourth-order valence-corrected chi connectivity index (χ4v) is 3.58. The van der Waals surface area contributed by atoms with E-state index in [1.807, 2.05) is 0 Å². The lowest BCUT2D eigenvalue weighted by Gasteiger charge is -2.23. The molecule has 3 aromatic rings. The molecule has 1 aromatic heterocycles. The van der Waals surface area contributed by atoms with Crippen molar-refractivity contribution in [2.45, 2.75) is 38.2 Å². The molecule has 0 aliphatic heterocycles. The van der Waals surface area contributed by atoms with Crippen LogP contribution in [0, 0.1) is 0 Å². The average Bonchev–Trinajstić information content (AvgIpc) is 2.66. The van der Waals surface area contributed by atoms with Gasteiger partial charge in [0.25, 0.3) is 0 Å². The Morgan fingerprint density at radius 2 is 1.64 bits per heavy atom. The van der Waals surface area contributed by atoms with E-state index in [9.17, 15) is 25.2 Å². The average molecular weight is 384 g/mol. The fourth-order valence-electron chi connectivity index (χ4n) is 3.58. The Bertz CT molecular complexity index is 1090. The minimum atomic E-state index is -0.563. The molecule has 0 spiro atoms. The molecule has 2 aromatic carbocycles. The van der Waals surface area contributed by atoms with E-state index >= 15 is 0 Å². The van der Waals surface area contributed by atoms with Gasteiger partial charge in [0.15, 0.2) is 17.3 Å². The SMILES string of the molecule is O=c1c(OC2CCCCC2)c(-c2ccc(O)c(O)c2)oc2cc(O)cc(O)c12. The Morgan fingerprint density at radius 3 is 2.36 bits per heavy atom. The number of hydrogen-bond acceptors (Lipinski definition) is 7. The normalized spacial score (nSPS) is 15.0. The molecular formula is C21H20O7. The third kappa shape index (κ3) is 3.19. The van der Waals surface area contributed by atoms with E-state index in [1.165, 1.54) is 24.3 Å². The van der Waals surface area contributed by atoms with Gasteiger partial charge >= 0.3 is 0 Å². The monoisotopic (exact) mass is 384 g/mol. The first-order valence-corrected chi connectivity index (χ1v) is 9.16. The minimum Gasteiger partial charge on any atom is -0.508 e. The van der Waals surface area contributed by atoms with Gasteiger partial charge in [0, 0.05) is 17.7 Å². The quantitative estimate of drug-likeness (QED) is 0.504. The number of phenols is 4. The van der Waals surface area contributed by atoms with Crippen LogP contribution in [-0.4, -0.2) is 26.5 Å². The van der Waals surface area contributed by atoms with Crippen LogP contribution in [0.1, 0.15) is 32.1 Å². The maximum atomic E-state index is 13.1. The molecule has 0 saturated heterocycles. The lowest BCUT2D eigenvalue weighted by atomic mass is 9.97. The Morgan fingerprint density at radius 1 is 0.893 bits per heavy atom. The van der Waals surface area contributed by atoms with Crippen LogP contribution in [0.15, 0.2) is 39.5 Å². The molecule has 7 nitrogen and oxygen atoms in total. The first-order chi connectivity index (χ1) is 13.4. The lowest BCUT2D eigenvalue weighted by molar-refractivity contribution is 0.152. The van der Waals surface area contributed by atoms with Crippen LogP contribution in [0.4, 0.5) is 0 Å². The molecule has 28 heavy (non-hydrogen) atoms. The van der Waals surface area contributed by atoms with Crippen LogP contribution in [0.2, 0.25) is 0 Å². The molecule has 0 atom stereocenters. The van der Waals surface area contributed by atoms with Gasteiger partial charge in [-0.15, -0.1) is 0 Å². The zero-order chi connectivity index (χ0) is 19.8. The summed E-state index contributed by atoms with van der Waals surface area (Å²) in [6, 6.07) is 6.31. The Kier molecular flexibility index (Phi) is 4.50. The van der Waals surface area contributed by atoms with E-state index in [-0.39, 0.29) is 45.8 Å². The maximum absolute atomic E-state index is 13.1. The molecule has 146 valence electrons. The maximum Gasteiger partial charge on any atom is 0.239 e. The molecule has 1 fully saturated rings. The molecule has 4 N–H and O–H groups in total. The van der Waals surface area contributed by atoms with Crippen molar-refractivity contribution in [2.75, 3.05) is 0 Å². The minimum absolute atomic E-state index is 0.0129. The van der Waals surface area contributed by atoms with E-state index in [0.29, 0.717) is 5.56 Å². The number of phenolic OH excluding ortho intramolecular Hbond substituents is 4. The first kappa shape index (κ1) is 18.0. The van der Waals surface area contributed by atoms with Crippen molar-refractivity contribution in [3.63, 3.8) is 0 Å². The Hall–Kier alpha value is -3.35. The van der Waals surface area contributed by atoms with Crippen molar-refractivity contribution in [3.8, 4) is 40.1 Å². The van der Waals surface area contributed by atoms with Gasteiger partial charge in [-0.3, -0.25) is 4.79 Å². The fraction of sp³-hybridized carbons (Fsp3) is 0.286. The summed E-state index contributed by atoms with van der Waals surface area (Å²) < 4.78 is 11.8. The number of benzene rings is 2. The molecule has 0 bridgehead atoms. The number of rotatable bonds is 3. The van der Waals surface area contributed by atoms with E-state index in [1.54, 1.807) is 0 Å². The van der Waals surface area contributed by atoms with Crippen LogP contribution < -0.4 is 10.2 Å². The number of ether oxygens (including phenoxy) is 1. The van der Waals surface area contributed by atoms with Crippen LogP contribution in [-0.2, 0) is 0 Å². The van der Waals surface area contributed by atoms with Crippen molar-refractivity contribution in [1.82, 2.24) is 0 Å². The Balaban J connectivity index is 1.95. The second-order valence-electron chi connectivity index (χ2n) is 7.01. The van der Waals surface area contributed by atoms with Crippen LogP contribution in [0.25, 0.3) is 22.3 Å². The number of hydrogen-bond donors (Lipinski definition) is 4. The summed E-state index contributed by atoms with van der Waals surface area (Å²) in [5.74, 6) is -1.35. The van der Waals surface area contributed by atoms with E-state index in [0.717, 1.165) is 38.2 Å². The van der Waals surface area contributed by atoms with E-state index < -0.39 is 11.2 Å². The highest BCUT2D eigenvalue weighted by molar-refractivity contribution is 5.88. The topological polar surface area (TPSA) is 120 Å². The predicted molar refractivity (Wildman–Crippen MR) is 102 cm³/mol. The molecule has 1 aliphatic rings. The zero-order valence-electron chi connectivity index (χ0n) is 15.0. The number of fused-ring (bicyclic) bond motifs is 1. The van der Waals surface area contributed by atoms with E-state index in [4.69, 9.17) is 9.15 Å². The standard InChI is InChI=1S/C21H20O7/c22-12-9-16(25)18-17(10-12)28-20(11-6-7-14(23)15(24)8-11)21(19(18)26)27-13-4-2-1-3-5-13/h6-10,13,22-25H,1-5H2. The second kappa shape index (κ2) is 6.99. The first-order valence-electron chi connectivity index (χ1n) is 9.16. The van der Waals surface area contributed by atoms with Gasteiger partial charge in [-0.2, -0.15) is 0 Å². The largest absolute Gasteiger partial charge is 0.508 e. The Labute approximate surface area is 160 Å². The van der Waals surface area contributed by atoms with Crippen molar-refractivity contribution in [3.05, 3.63) is 40.6 Å². The molecule has 1 aliphatic carbocycles.